The number of nitrogens with one attached hydrogen (secondary N) is 1. The molecule has 0 bridgehead atoms. The van der Waals surface area contributed by atoms with Gasteiger partial charge in [0.15, 0.2) is 0 Å². The number of hydrogen-bond acceptors (Lipinski definition) is 7. The molecule has 4 rings (SSSR count). The molecule has 9 heteroatoms. The van der Waals surface area contributed by atoms with Gasteiger partial charge in [-0.2, -0.15) is 0 Å². The molecule has 0 spiro atoms. The third kappa shape index (κ3) is 4.95. The average Bonchev–Trinajstić information content (AvgIpc) is 3.27. The molecule has 0 radical (unpaired) electrons. The number of piperidine rings is 1. The van der Waals surface area contributed by atoms with Gasteiger partial charge >= 0.3 is 0 Å². The number of amides is 1. The van der Waals surface area contributed by atoms with Crippen LogP contribution in [0.15, 0.2) is 58.0 Å². The Balaban J connectivity index is 1.43. The molecule has 156 valence electrons. The van der Waals surface area contributed by atoms with Gasteiger partial charge in [0.05, 0.1) is 28.0 Å². The van der Waals surface area contributed by atoms with E-state index in [1.54, 1.807) is 24.5 Å². The SMILES string of the molecule is CC1(N)CCN(c2cnc(Sc3cccc(NC(=O)c4cccs4)c3Cl)cn2)CC1. The molecular weight excluding hydrogens is 438 g/mol. The number of aromatic nitrogens is 2. The van der Waals surface area contributed by atoms with Gasteiger partial charge in [0.2, 0.25) is 0 Å². The molecule has 2 aromatic heterocycles. The number of nitrogens with two attached hydrogens (primary N) is 1. The third-order valence-corrected chi connectivity index (χ3v) is 7.38. The van der Waals surface area contributed by atoms with Crippen LogP contribution in [0.25, 0.3) is 0 Å². The van der Waals surface area contributed by atoms with Crippen LogP contribution in [-0.2, 0) is 0 Å². The molecule has 1 aromatic carbocycles. The van der Waals surface area contributed by atoms with Gasteiger partial charge in [-0.1, -0.05) is 35.5 Å². The summed E-state index contributed by atoms with van der Waals surface area (Å²) in [5.74, 6) is 0.686. The van der Waals surface area contributed by atoms with Crippen molar-refractivity contribution >= 4 is 52.1 Å². The molecule has 3 aromatic rings. The first-order valence-corrected chi connectivity index (χ1v) is 11.7. The summed E-state index contributed by atoms with van der Waals surface area (Å²) in [5.41, 5.74) is 6.68. The normalized spacial score (nSPS) is 15.8. The van der Waals surface area contributed by atoms with Crippen LogP contribution in [0, 0.1) is 0 Å². The van der Waals surface area contributed by atoms with Crippen LogP contribution in [0.4, 0.5) is 11.5 Å². The molecule has 1 aliphatic heterocycles. The van der Waals surface area contributed by atoms with Gasteiger partial charge in [-0.25, -0.2) is 9.97 Å². The maximum Gasteiger partial charge on any atom is 0.265 e. The fourth-order valence-electron chi connectivity index (χ4n) is 3.16. The Hall–Kier alpha value is -2.13. The van der Waals surface area contributed by atoms with E-state index in [0.717, 1.165) is 41.7 Å². The number of carbonyl (C=O) groups is 1. The minimum absolute atomic E-state index is 0.0968. The van der Waals surface area contributed by atoms with E-state index in [2.05, 4.69) is 27.1 Å². The van der Waals surface area contributed by atoms with Crippen molar-refractivity contribution in [1.29, 1.82) is 0 Å². The highest BCUT2D eigenvalue weighted by atomic mass is 35.5. The number of nitrogens with zero attached hydrogens (tertiary/aromatic N) is 3. The summed E-state index contributed by atoms with van der Waals surface area (Å²) in [7, 11) is 0. The molecule has 1 saturated heterocycles. The molecule has 1 aliphatic rings. The molecule has 0 unspecified atom stereocenters. The molecule has 30 heavy (non-hydrogen) atoms. The fraction of sp³-hybridized carbons (Fsp3) is 0.286. The highest BCUT2D eigenvalue weighted by Crippen LogP contribution is 2.37. The zero-order chi connectivity index (χ0) is 21.1. The number of thiophene rings is 1. The number of halogens is 1. The molecule has 0 aliphatic carbocycles. The second-order valence-electron chi connectivity index (χ2n) is 7.51. The summed E-state index contributed by atoms with van der Waals surface area (Å²) in [5, 5.41) is 5.96. The van der Waals surface area contributed by atoms with Gasteiger partial charge in [0, 0.05) is 23.5 Å². The minimum Gasteiger partial charge on any atom is -0.355 e. The van der Waals surface area contributed by atoms with Crippen LogP contribution >= 0.6 is 34.7 Å². The van der Waals surface area contributed by atoms with Crippen molar-refractivity contribution in [3.05, 3.63) is 58.0 Å². The topological polar surface area (TPSA) is 84.1 Å². The lowest BCUT2D eigenvalue weighted by atomic mass is 9.91. The summed E-state index contributed by atoms with van der Waals surface area (Å²) >= 11 is 9.35. The Labute approximate surface area is 188 Å². The highest BCUT2D eigenvalue weighted by Gasteiger charge is 2.26. The predicted molar refractivity (Wildman–Crippen MR) is 124 cm³/mol. The van der Waals surface area contributed by atoms with Crippen LogP contribution in [0.1, 0.15) is 29.4 Å². The van der Waals surface area contributed by atoms with Crippen molar-refractivity contribution in [3.8, 4) is 0 Å². The minimum atomic E-state index is -0.173. The smallest absolute Gasteiger partial charge is 0.265 e. The first-order chi connectivity index (χ1) is 14.4. The molecule has 0 atom stereocenters. The van der Waals surface area contributed by atoms with E-state index in [9.17, 15) is 4.79 Å². The standard InChI is InChI=1S/C21H22ClN5OS2/c1-21(23)7-9-27(10-8-21)17-12-25-18(13-24-17)30-15-5-2-4-14(19(15)22)26-20(28)16-6-3-11-29-16/h2-6,11-13H,7-10,23H2,1H3,(H,26,28). The molecule has 6 nitrogen and oxygen atoms in total. The van der Waals surface area contributed by atoms with Crippen molar-refractivity contribution in [1.82, 2.24) is 9.97 Å². The summed E-state index contributed by atoms with van der Waals surface area (Å²) in [6.45, 7) is 3.86. The number of anilines is 2. The van der Waals surface area contributed by atoms with Gasteiger partial charge in [0.25, 0.3) is 5.91 Å². The van der Waals surface area contributed by atoms with Gasteiger partial charge in [-0.15, -0.1) is 11.3 Å². The third-order valence-electron chi connectivity index (χ3n) is 5.02. The number of hydrogen-bond donors (Lipinski definition) is 2. The van der Waals surface area contributed by atoms with E-state index in [0.29, 0.717) is 15.6 Å². The van der Waals surface area contributed by atoms with Gasteiger partial charge in [-0.05, 0) is 43.3 Å². The second kappa shape index (κ2) is 8.93. The first-order valence-electron chi connectivity index (χ1n) is 9.58. The van der Waals surface area contributed by atoms with E-state index in [1.807, 2.05) is 23.6 Å². The highest BCUT2D eigenvalue weighted by molar-refractivity contribution is 7.99. The lowest BCUT2D eigenvalue weighted by Crippen LogP contribution is -2.48. The lowest BCUT2D eigenvalue weighted by molar-refractivity contribution is 0.103. The Bertz CT molecular complexity index is 1010. The van der Waals surface area contributed by atoms with E-state index in [-0.39, 0.29) is 11.4 Å². The lowest BCUT2D eigenvalue weighted by Gasteiger charge is -2.37. The monoisotopic (exact) mass is 459 g/mol. The predicted octanol–water partition coefficient (Wildman–Crippen LogP) is 4.91. The summed E-state index contributed by atoms with van der Waals surface area (Å²) in [4.78, 5) is 25.1. The largest absolute Gasteiger partial charge is 0.355 e. The van der Waals surface area contributed by atoms with E-state index in [4.69, 9.17) is 17.3 Å². The molecular formula is C21H22ClN5OS2. The average molecular weight is 460 g/mol. The fourth-order valence-corrected chi connectivity index (χ4v) is 4.85. The van der Waals surface area contributed by atoms with Crippen molar-refractivity contribution in [3.63, 3.8) is 0 Å². The Morgan fingerprint density at radius 1 is 1.23 bits per heavy atom. The molecule has 1 fully saturated rings. The van der Waals surface area contributed by atoms with Crippen LogP contribution in [0.2, 0.25) is 5.02 Å². The van der Waals surface area contributed by atoms with Crippen molar-refractivity contribution in [2.45, 2.75) is 35.2 Å². The number of rotatable bonds is 5. The zero-order valence-electron chi connectivity index (χ0n) is 16.5. The van der Waals surface area contributed by atoms with Crippen LogP contribution in [0.3, 0.4) is 0 Å². The van der Waals surface area contributed by atoms with Crippen LogP contribution in [-0.4, -0.2) is 34.5 Å². The Morgan fingerprint density at radius 3 is 2.70 bits per heavy atom. The van der Waals surface area contributed by atoms with E-state index >= 15 is 0 Å². The van der Waals surface area contributed by atoms with Crippen molar-refractivity contribution in [2.24, 2.45) is 5.73 Å². The van der Waals surface area contributed by atoms with E-state index in [1.165, 1.54) is 23.1 Å². The maximum atomic E-state index is 12.3. The second-order valence-corrected chi connectivity index (χ2v) is 9.89. The van der Waals surface area contributed by atoms with E-state index < -0.39 is 0 Å². The van der Waals surface area contributed by atoms with Gasteiger partial charge in [0.1, 0.15) is 10.8 Å². The number of benzene rings is 1. The van der Waals surface area contributed by atoms with Crippen LogP contribution < -0.4 is 16.0 Å². The molecule has 1 amide bonds. The van der Waals surface area contributed by atoms with Crippen molar-refractivity contribution < 1.29 is 4.79 Å². The Morgan fingerprint density at radius 2 is 2.03 bits per heavy atom. The van der Waals surface area contributed by atoms with Crippen molar-refractivity contribution in [2.75, 3.05) is 23.3 Å². The Kier molecular flexibility index (Phi) is 6.29. The number of carbonyl (C=O) groups excluding carboxylic acids is 1. The zero-order valence-corrected chi connectivity index (χ0v) is 18.9. The van der Waals surface area contributed by atoms with Gasteiger partial charge in [-0.3, -0.25) is 4.79 Å². The quantitative estimate of drug-likeness (QED) is 0.563. The van der Waals surface area contributed by atoms with Crippen LogP contribution in [0.5, 0.6) is 0 Å². The summed E-state index contributed by atoms with van der Waals surface area (Å²) < 4.78 is 0. The maximum absolute atomic E-state index is 12.3. The summed E-state index contributed by atoms with van der Waals surface area (Å²) in [6, 6.07) is 9.16. The van der Waals surface area contributed by atoms with Gasteiger partial charge < -0.3 is 16.0 Å². The first kappa shape index (κ1) is 21.1. The molecule has 0 saturated carbocycles. The summed E-state index contributed by atoms with van der Waals surface area (Å²) in [6.07, 6.45) is 5.41. The molecule has 3 N–H and O–H groups in total. The molecule has 3 heterocycles.